The third-order valence-corrected chi connectivity index (χ3v) is 7.19. The van der Waals surface area contributed by atoms with Crippen molar-refractivity contribution in [2.75, 3.05) is 40.9 Å². The number of carbonyl (C=O) groups excluding carboxylic acids is 1. The summed E-state index contributed by atoms with van der Waals surface area (Å²) in [5, 5.41) is 15.3. The third-order valence-electron chi connectivity index (χ3n) is 6.07. The van der Waals surface area contributed by atoms with Crippen LogP contribution in [0.5, 0.6) is 28.7 Å². The van der Waals surface area contributed by atoms with Gasteiger partial charge in [0, 0.05) is 41.2 Å². The van der Waals surface area contributed by atoms with E-state index in [2.05, 4.69) is 5.32 Å². The molecule has 40 heavy (non-hydrogen) atoms. The number of hydrogen-bond acceptors (Lipinski definition) is 11. The maximum absolute atomic E-state index is 12.7. The summed E-state index contributed by atoms with van der Waals surface area (Å²) in [6.45, 7) is 1.93. The van der Waals surface area contributed by atoms with Crippen LogP contribution in [0, 0.1) is 17.0 Å². The van der Waals surface area contributed by atoms with E-state index in [9.17, 15) is 14.9 Å². The van der Waals surface area contributed by atoms with Crippen LogP contribution in [0.4, 0.5) is 11.4 Å². The first-order valence-corrected chi connectivity index (χ1v) is 12.7. The van der Waals surface area contributed by atoms with Crippen LogP contribution in [0.2, 0.25) is 0 Å². The van der Waals surface area contributed by atoms with E-state index in [-0.39, 0.29) is 22.7 Å². The van der Waals surface area contributed by atoms with Gasteiger partial charge in [-0.25, -0.2) is 4.98 Å². The summed E-state index contributed by atoms with van der Waals surface area (Å²) in [7, 11) is 7.34. The Labute approximate surface area is 234 Å². The molecule has 0 saturated heterocycles. The van der Waals surface area contributed by atoms with Gasteiger partial charge in [0.15, 0.2) is 23.0 Å². The average Bonchev–Trinajstić information content (AvgIpc) is 3.39. The zero-order chi connectivity index (χ0) is 29.0. The fourth-order valence-electron chi connectivity index (χ4n) is 4.14. The van der Waals surface area contributed by atoms with E-state index < -0.39 is 10.7 Å². The van der Waals surface area contributed by atoms with E-state index in [0.29, 0.717) is 17.2 Å². The topological polar surface area (TPSA) is 131 Å². The lowest BCUT2D eigenvalue weighted by atomic mass is 10.1. The Morgan fingerprint density at radius 2 is 1.60 bits per heavy atom. The number of carbonyl (C=O) groups is 1. The average molecular weight is 566 g/mol. The largest absolute Gasteiger partial charge is 0.493 e. The maximum Gasteiger partial charge on any atom is 0.315 e. The summed E-state index contributed by atoms with van der Waals surface area (Å²) in [6, 6.07) is 10.2. The Balaban J connectivity index is 1.56. The van der Waals surface area contributed by atoms with E-state index in [1.54, 1.807) is 21.3 Å². The van der Waals surface area contributed by atoms with Gasteiger partial charge in [0.25, 0.3) is 0 Å². The van der Waals surface area contributed by atoms with Crippen molar-refractivity contribution in [2.24, 2.45) is 0 Å². The first kappa shape index (κ1) is 28.2. The summed E-state index contributed by atoms with van der Waals surface area (Å²) >= 11 is 1.48. The first-order valence-electron chi connectivity index (χ1n) is 11.8. The molecule has 0 atom stereocenters. The van der Waals surface area contributed by atoms with Gasteiger partial charge >= 0.3 is 5.69 Å². The lowest BCUT2D eigenvalue weighted by Gasteiger charge is -2.11. The molecule has 0 aliphatic rings. The number of nitro groups is 1. The molecule has 0 saturated carbocycles. The smallest absolute Gasteiger partial charge is 0.315 e. The number of rotatable bonds is 11. The number of allylic oxidation sites excluding steroid dienone is 1. The van der Waals surface area contributed by atoms with Crippen molar-refractivity contribution in [1.29, 1.82) is 0 Å². The van der Waals surface area contributed by atoms with Crippen LogP contribution < -0.4 is 29.0 Å². The lowest BCUT2D eigenvalue weighted by molar-refractivity contribution is -0.385. The Kier molecular flexibility index (Phi) is 8.39. The van der Waals surface area contributed by atoms with Crippen molar-refractivity contribution in [1.82, 2.24) is 4.98 Å². The van der Waals surface area contributed by atoms with E-state index in [4.69, 9.17) is 28.7 Å². The van der Waals surface area contributed by atoms with Gasteiger partial charge in [-0.15, -0.1) is 11.3 Å². The number of fused-ring (bicyclic) bond motifs is 1. The minimum Gasteiger partial charge on any atom is -0.493 e. The van der Waals surface area contributed by atoms with Gasteiger partial charge < -0.3 is 29.0 Å². The van der Waals surface area contributed by atoms with E-state index in [0.717, 1.165) is 38.1 Å². The number of benzene rings is 3. The second kappa shape index (κ2) is 11.9. The number of nitro benzene ring substituents is 1. The molecule has 0 unspecified atom stereocenters. The zero-order valence-electron chi connectivity index (χ0n) is 22.7. The molecule has 0 aliphatic heterocycles. The van der Waals surface area contributed by atoms with Crippen molar-refractivity contribution in [3.8, 4) is 39.3 Å². The molecule has 1 aromatic heterocycles. The summed E-state index contributed by atoms with van der Waals surface area (Å²) in [5.74, 6) is 1.20. The molecule has 0 bridgehead atoms. The number of ketones is 1. The summed E-state index contributed by atoms with van der Waals surface area (Å²) in [4.78, 5) is 28.3. The molecular weight excluding hydrogens is 538 g/mol. The Morgan fingerprint density at radius 3 is 2.20 bits per heavy atom. The SMILES string of the molecule is COc1cc(C(=O)/C=C\Nc2ccc(-c3nc4cc(OC)c(OC)c(OC)c4s3)cc2C)cc([N+](=O)[O-])c1OC. The molecule has 0 amide bonds. The zero-order valence-corrected chi connectivity index (χ0v) is 23.5. The highest BCUT2D eigenvalue weighted by atomic mass is 32.1. The molecule has 3 aromatic carbocycles. The van der Waals surface area contributed by atoms with Gasteiger partial charge in [-0.3, -0.25) is 14.9 Å². The normalized spacial score (nSPS) is 10.9. The highest BCUT2D eigenvalue weighted by molar-refractivity contribution is 7.22. The number of nitrogens with zero attached hydrogens (tertiary/aromatic N) is 2. The lowest BCUT2D eigenvalue weighted by Crippen LogP contribution is -2.02. The van der Waals surface area contributed by atoms with E-state index >= 15 is 0 Å². The van der Waals surface area contributed by atoms with Crippen LogP contribution in [-0.4, -0.2) is 51.2 Å². The first-order chi connectivity index (χ1) is 19.3. The second-order valence-electron chi connectivity index (χ2n) is 8.37. The van der Waals surface area contributed by atoms with Crippen LogP contribution >= 0.6 is 11.3 Å². The molecule has 0 aliphatic carbocycles. The predicted octanol–water partition coefficient (Wildman–Crippen LogP) is 6.03. The Hall–Kier alpha value is -4.84. The van der Waals surface area contributed by atoms with Crippen molar-refractivity contribution >= 4 is 38.7 Å². The van der Waals surface area contributed by atoms with Gasteiger partial charge in [0.2, 0.25) is 11.5 Å². The van der Waals surface area contributed by atoms with Crippen molar-refractivity contribution in [3.05, 3.63) is 69.9 Å². The monoisotopic (exact) mass is 565 g/mol. The molecule has 4 rings (SSSR count). The van der Waals surface area contributed by atoms with E-state index in [1.165, 1.54) is 43.9 Å². The Bertz CT molecular complexity index is 1630. The van der Waals surface area contributed by atoms with Crippen LogP contribution in [0.3, 0.4) is 0 Å². The number of hydrogen-bond donors (Lipinski definition) is 1. The molecule has 208 valence electrons. The summed E-state index contributed by atoms with van der Waals surface area (Å²) < 4.78 is 27.6. The third kappa shape index (κ3) is 5.34. The maximum atomic E-state index is 12.7. The van der Waals surface area contributed by atoms with Crippen LogP contribution in [0.15, 0.2) is 48.7 Å². The van der Waals surface area contributed by atoms with Gasteiger partial charge in [-0.1, -0.05) is 0 Å². The molecule has 11 nitrogen and oxygen atoms in total. The van der Waals surface area contributed by atoms with Crippen molar-refractivity contribution in [2.45, 2.75) is 6.92 Å². The summed E-state index contributed by atoms with van der Waals surface area (Å²) in [6.07, 6.45) is 2.77. The predicted molar refractivity (Wildman–Crippen MR) is 153 cm³/mol. The molecule has 0 radical (unpaired) electrons. The molecule has 0 spiro atoms. The fraction of sp³-hybridized carbons (Fsp3) is 0.214. The minimum absolute atomic E-state index is 0.0493. The standard InChI is InChI=1S/C28H27N3O8S/c1-15-11-16(28-30-19-14-23(36-3)25(38-5)26(39-6)27(19)40-28)7-8-18(15)29-10-9-21(32)17-12-20(31(33)34)24(37-4)22(13-17)35-2/h7-14,29H,1-6H3/b10-9-. The molecule has 1 heterocycles. The molecule has 12 heteroatoms. The van der Waals surface area contributed by atoms with Crippen molar-refractivity contribution < 1.29 is 33.4 Å². The van der Waals surface area contributed by atoms with Crippen molar-refractivity contribution in [3.63, 3.8) is 0 Å². The fourth-order valence-corrected chi connectivity index (χ4v) is 5.20. The number of nitrogens with one attached hydrogen (secondary N) is 1. The molecule has 0 fully saturated rings. The Morgan fingerprint density at radius 1 is 0.925 bits per heavy atom. The quantitative estimate of drug-likeness (QED) is 0.0995. The summed E-state index contributed by atoms with van der Waals surface area (Å²) in [5.41, 5.74) is 3.05. The number of thiazole rings is 1. The second-order valence-corrected chi connectivity index (χ2v) is 9.37. The molecular formula is C28H27N3O8S. The number of aromatic nitrogens is 1. The van der Waals surface area contributed by atoms with Gasteiger partial charge in [-0.05, 0) is 36.8 Å². The number of ether oxygens (including phenoxy) is 5. The van der Waals surface area contributed by atoms with Crippen LogP contribution in [0.25, 0.3) is 20.8 Å². The van der Waals surface area contributed by atoms with E-state index in [1.807, 2.05) is 31.2 Å². The minimum atomic E-state index is -0.625. The van der Waals surface area contributed by atoms with Crippen LogP contribution in [-0.2, 0) is 0 Å². The number of anilines is 1. The highest BCUT2D eigenvalue weighted by Gasteiger charge is 2.23. The molecule has 1 N–H and O–H groups in total. The highest BCUT2D eigenvalue weighted by Crippen LogP contribution is 2.47. The van der Waals surface area contributed by atoms with Gasteiger partial charge in [0.05, 0.1) is 46.0 Å². The van der Waals surface area contributed by atoms with Gasteiger partial charge in [-0.2, -0.15) is 0 Å². The number of methoxy groups -OCH3 is 5. The van der Waals surface area contributed by atoms with Crippen LogP contribution in [0.1, 0.15) is 15.9 Å². The van der Waals surface area contributed by atoms with Gasteiger partial charge in [0.1, 0.15) is 9.71 Å². The number of aryl methyl sites for hydroxylation is 1. The molecule has 4 aromatic rings.